The molecule has 0 fully saturated rings. The highest BCUT2D eigenvalue weighted by Gasteiger charge is 2.25. The van der Waals surface area contributed by atoms with Crippen molar-refractivity contribution in [3.63, 3.8) is 0 Å². The van der Waals surface area contributed by atoms with Gasteiger partial charge in [0.25, 0.3) is 0 Å². The third-order valence-corrected chi connectivity index (χ3v) is 3.03. The molecule has 1 nitrogen and oxygen atoms in total. The van der Waals surface area contributed by atoms with E-state index in [0.29, 0.717) is 6.42 Å². The lowest BCUT2D eigenvalue weighted by molar-refractivity contribution is -0.117. The van der Waals surface area contributed by atoms with Gasteiger partial charge < -0.3 is 0 Å². The van der Waals surface area contributed by atoms with Crippen LogP contribution in [0.15, 0.2) is 30.3 Å². The average Bonchev–Trinajstić information content (AvgIpc) is 2.35. The number of Topliss-reactive ketones (excluding diaryl/α,β-unsaturated/α-hetero) is 1. The maximum absolute atomic E-state index is 11.5. The lowest BCUT2D eigenvalue weighted by Gasteiger charge is -2.23. The highest BCUT2D eigenvalue weighted by Crippen LogP contribution is 2.27. The summed E-state index contributed by atoms with van der Waals surface area (Å²) in [6.45, 7) is 5.85. The Kier molecular flexibility index (Phi) is 5.65. The van der Waals surface area contributed by atoms with Gasteiger partial charge in [-0.15, -0.1) is 5.92 Å². The molecule has 0 heterocycles. The molecular formula is C17H22O. The van der Waals surface area contributed by atoms with Gasteiger partial charge in [0.1, 0.15) is 5.78 Å². The third kappa shape index (κ3) is 4.37. The van der Waals surface area contributed by atoms with Crippen molar-refractivity contribution in [3.8, 4) is 11.8 Å². The van der Waals surface area contributed by atoms with Crippen LogP contribution in [0.3, 0.4) is 0 Å². The molecule has 1 unspecified atom stereocenters. The number of hydrogen-bond acceptors (Lipinski definition) is 1. The summed E-state index contributed by atoms with van der Waals surface area (Å²) in [5.74, 6) is 6.72. The van der Waals surface area contributed by atoms with Crippen LogP contribution in [0, 0.1) is 11.8 Å². The van der Waals surface area contributed by atoms with Gasteiger partial charge in [-0.3, -0.25) is 4.79 Å². The highest BCUT2D eigenvalue weighted by atomic mass is 16.1. The molecule has 0 spiro atoms. The molecule has 0 aromatic heterocycles. The van der Waals surface area contributed by atoms with E-state index in [2.05, 4.69) is 37.8 Å². The van der Waals surface area contributed by atoms with Gasteiger partial charge in [0, 0.05) is 12.8 Å². The fourth-order valence-corrected chi connectivity index (χ4v) is 2.05. The van der Waals surface area contributed by atoms with Crippen LogP contribution in [-0.4, -0.2) is 5.78 Å². The minimum atomic E-state index is -0.346. The molecule has 0 saturated carbocycles. The fourth-order valence-electron chi connectivity index (χ4n) is 2.05. The number of carbonyl (C=O) groups excluding carboxylic acids is 1. The first kappa shape index (κ1) is 14.5. The normalized spacial score (nSPS) is 13.3. The zero-order valence-corrected chi connectivity index (χ0v) is 11.6. The van der Waals surface area contributed by atoms with Crippen LogP contribution in [0.1, 0.15) is 52.0 Å². The summed E-state index contributed by atoms with van der Waals surface area (Å²) >= 11 is 0. The van der Waals surface area contributed by atoms with E-state index < -0.39 is 0 Å². The Morgan fingerprint density at radius 1 is 1.28 bits per heavy atom. The summed E-state index contributed by atoms with van der Waals surface area (Å²) in [5.41, 5.74) is 0.782. The summed E-state index contributed by atoms with van der Waals surface area (Å²) in [5, 5.41) is 0. The number of hydrogen-bond donors (Lipinski definition) is 0. The molecule has 1 heteroatoms. The Morgan fingerprint density at radius 3 is 2.50 bits per heavy atom. The van der Waals surface area contributed by atoms with Gasteiger partial charge >= 0.3 is 0 Å². The minimum absolute atomic E-state index is 0.186. The molecule has 0 aliphatic carbocycles. The SMILES string of the molecule is CCCCC#CC(C)(CC(C)=O)c1ccccc1. The molecule has 0 radical (unpaired) electrons. The maximum atomic E-state index is 11.5. The second-order valence-electron chi connectivity index (χ2n) is 4.98. The van der Waals surface area contributed by atoms with Crippen LogP contribution in [0.2, 0.25) is 0 Å². The number of unbranched alkanes of at least 4 members (excludes halogenated alkanes) is 2. The van der Waals surface area contributed by atoms with Crippen LogP contribution < -0.4 is 0 Å². The van der Waals surface area contributed by atoms with Crippen molar-refractivity contribution in [3.05, 3.63) is 35.9 Å². The third-order valence-electron chi connectivity index (χ3n) is 3.03. The van der Waals surface area contributed by atoms with Crippen molar-refractivity contribution in [2.24, 2.45) is 0 Å². The number of rotatable bonds is 5. The summed E-state index contributed by atoms with van der Waals surface area (Å²) in [7, 11) is 0. The van der Waals surface area contributed by atoms with Crippen molar-refractivity contribution in [2.75, 3.05) is 0 Å². The van der Waals surface area contributed by atoms with E-state index >= 15 is 0 Å². The standard InChI is InChI=1S/C17H22O/c1-4-5-6-10-13-17(3,14-15(2)18)16-11-8-7-9-12-16/h7-9,11-12H,4-6,14H2,1-3H3. The van der Waals surface area contributed by atoms with E-state index in [-0.39, 0.29) is 11.2 Å². The lowest BCUT2D eigenvalue weighted by Crippen LogP contribution is -2.23. The molecule has 0 aliphatic heterocycles. The van der Waals surface area contributed by atoms with E-state index in [9.17, 15) is 4.79 Å². The predicted molar refractivity (Wildman–Crippen MR) is 76.4 cm³/mol. The number of carbonyl (C=O) groups is 1. The van der Waals surface area contributed by atoms with E-state index in [4.69, 9.17) is 0 Å². The Balaban J connectivity index is 2.94. The second-order valence-corrected chi connectivity index (χ2v) is 4.98. The molecule has 0 aliphatic rings. The Bertz CT molecular complexity index is 436. The molecule has 1 aromatic rings. The van der Waals surface area contributed by atoms with Gasteiger partial charge in [0.2, 0.25) is 0 Å². The minimum Gasteiger partial charge on any atom is -0.300 e. The predicted octanol–water partition coefficient (Wildman–Crippen LogP) is 4.12. The van der Waals surface area contributed by atoms with Gasteiger partial charge in [0.05, 0.1) is 5.41 Å². The molecule has 0 N–H and O–H groups in total. The smallest absolute Gasteiger partial charge is 0.131 e. The fraction of sp³-hybridized carbons (Fsp3) is 0.471. The molecule has 0 amide bonds. The van der Waals surface area contributed by atoms with Crippen molar-refractivity contribution >= 4 is 5.78 Å². The quantitative estimate of drug-likeness (QED) is 0.561. The van der Waals surface area contributed by atoms with Crippen LogP contribution in [0.4, 0.5) is 0 Å². The topological polar surface area (TPSA) is 17.1 Å². The van der Waals surface area contributed by atoms with Crippen LogP contribution >= 0.6 is 0 Å². The molecule has 0 saturated heterocycles. The Hall–Kier alpha value is -1.55. The molecular weight excluding hydrogens is 220 g/mol. The Morgan fingerprint density at radius 2 is 1.94 bits per heavy atom. The monoisotopic (exact) mass is 242 g/mol. The number of ketones is 1. The van der Waals surface area contributed by atoms with Crippen LogP contribution in [0.25, 0.3) is 0 Å². The van der Waals surface area contributed by atoms with Gasteiger partial charge in [-0.25, -0.2) is 0 Å². The largest absolute Gasteiger partial charge is 0.300 e. The summed E-state index contributed by atoms with van der Waals surface area (Å²) in [6, 6.07) is 10.1. The van der Waals surface area contributed by atoms with Crippen molar-refractivity contribution < 1.29 is 4.79 Å². The first-order valence-electron chi connectivity index (χ1n) is 6.63. The molecule has 1 atom stereocenters. The lowest BCUT2D eigenvalue weighted by atomic mass is 9.79. The van der Waals surface area contributed by atoms with E-state index in [1.807, 2.05) is 18.2 Å². The second kappa shape index (κ2) is 7.01. The van der Waals surface area contributed by atoms with Crippen molar-refractivity contribution in [1.29, 1.82) is 0 Å². The molecule has 18 heavy (non-hydrogen) atoms. The molecule has 96 valence electrons. The summed E-state index contributed by atoms with van der Waals surface area (Å²) in [4.78, 5) is 11.5. The van der Waals surface area contributed by atoms with E-state index in [1.165, 1.54) is 0 Å². The molecule has 1 aromatic carbocycles. The van der Waals surface area contributed by atoms with Crippen molar-refractivity contribution in [2.45, 2.75) is 51.9 Å². The summed E-state index contributed by atoms with van der Waals surface area (Å²) in [6.07, 6.45) is 3.67. The first-order valence-corrected chi connectivity index (χ1v) is 6.63. The van der Waals surface area contributed by atoms with E-state index in [0.717, 1.165) is 24.8 Å². The molecule has 0 bridgehead atoms. The van der Waals surface area contributed by atoms with Gasteiger partial charge in [-0.2, -0.15) is 0 Å². The van der Waals surface area contributed by atoms with Gasteiger partial charge in [-0.1, -0.05) is 49.6 Å². The molecule has 1 rings (SSSR count). The van der Waals surface area contributed by atoms with Crippen molar-refractivity contribution in [1.82, 2.24) is 0 Å². The van der Waals surface area contributed by atoms with Crippen LogP contribution in [0.5, 0.6) is 0 Å². The summed E-state index contributed by atoms with van der Waals surface area (Å²) < 4.78 is 0. The maximum Gasteiger partial charge on any atom is 0.131 e. The van der Waals surface area contributed by atoms with Gasteiger partial charge in [0.15, 0.2) is 0 Å². The van der Waals surface area contributed by atoms with Gasteiger partial charge in [-0.05, 0) is 25.8 Å². The average molecular weight is 242 g/mol. The highest BCUT2D eigenvalue weighted by molar-refractivity contribution is 5.78. The Labute approximate surface area is 111 Å². The first-order chi connectivity index (χ1) is 8.58. The van der Waals surface area contributed by atoms with E-state index in [1.54, 1.807) is 6.92 Å². The van der Waals surface area contributed by atoms with Crippen LogP contribution in [-0.2, 0) is 10.2 Å². The number of benzene rings is 1. The zero-order valence-electron chi connectivity index (χ0n) is 11.6. The zero-order chi connectivity index (χ0) is 13.4.